The summed E-state index contributed by atoms with van der Waals surface area (Å²) in [6, 6.07) is 5.24. The van der Waals surface area contributed by atoms with Crippen LogP contribution in [0.25, 0.3) is 0 Å². The fourth-order valence-corrected chi connectivity index (χ4v) is 2.36. The summed E-state index contributed by atoms with van der Waals surface area (Å²) in [5.74, 6) is 0.810. The molecule has 0 spiro atoms. The molecule has 0 saturated heterocycles. The maximum atomic E-state index is 13.5. The van der Waals surface area contributed by atoms with Crippen LogP contribution in [0.15, 0.2) is 18.2 Å². The van der Waals surface area contributed by atoms with Crippen LogP contribution in [0.4, 0.5) is 4.39 Å². The Balaban J connectivity index is 2.53. The minimum absolute atomic E-state index is 0.237. The number of nitrogens with one attached hydrogen (secondary N) is 1. The second-order valence-corrected chi connectivity index (χ2v) is 5.02. The van der Waals surface area contributed by atoms with E-state index in [1.165, 1.54) is 6.07 Å². The predicted octanol–water partition coefficient (Wildman–Crippen LogP) is 3.71. The van der Waals surface area contributed by atoms with E-state index in [4.69, 9.17) is 11.6 Å². The highest BCUT2D eigenvalue weighted by molar-refractivity contribution is 7.98. The Kier molecular flexibility index (Phi) is 6.17. The largest absolute Gasteiger partial charge is 0.309 e. The maximum absolute atomic E-state index is 13.5. The molecule has 0 aliphatic carbocycles. The summed E-state index contributed by atoms with van der Waals surface area (Å²) in [5.41, 5.74) is 0.670. The molecule has 0 amide bonds. The van der Waals surface area contributed by atoms with E-state index in [-0.39, 0.29) is 5.82 Å². The molecule has 0 aliphatic heterocycles. The van der Waals surface area contributed by atoms with Crippen LogP contribution in [-0.2, 0) is 6.54 Å². The Hall–Kier alpha value is -0.250. The topological polar surface area (TPSA) is 12.0 Å². The van der Waals surface area contributed by atoms with E-state index in [1.807, 2.05) is 0 Å². The zero-order valence-corrected chi connectivity index (χ0v) is 11.2. The van der Waals surface area contributed by atoms with E-state index in [2.05, 4.69) is 18.5 Å². The van der Waals surface area contributed by atoms with E-state index in [0.717, 1.165) is 12.2 Å². The molecule has 1 aromatic carbocycles. The van der Waals surface area contributed by atoms with Crippen LogP contribution < -0.4 is 5.32 Å². The van der Waals surface area contributed by atoms with Gasteiger partial charge in [-0.25, -0.2) is 4.39 Å². The van der Waals surface area contributed by atoms with Gasteiger partial charge in [-0.2, -0.15) is 11.8 Å². The van der Waals surface area contributed by atoms with Crippen molar-refractivity contribution in [3.8, 4) is 0 Å². The lowest BCUT2D eigenvalue weighted by Crippen LogP contribution is -2.30. The van der Waals surface area contributed by atoms with Crippen molar-refractivity contribution >= 4 is 23.4 Å². The molecule has 1 N–H and O–H groups in total. The number of thioether (sulfide) groups is 1. The molecular weight excluding hydrogens is 245 g/mol. The Bertz CT molecular complexity index is 333. The third-order valence-corrected chi connectivity index (χ3v) is 3.43. The molecule has 1 nitrogen and oxygen atoms in total. The average molecular weight is 262 g/mol. The summed E-state index contributed by atoms with van der Waals surface area (Å²) in [5, 5.41) is 3.79. The second-order valence-electron chi connectivity index (χ2n) is 3.68. The van der Waals surface area contributed by atoms with Gasteiger partial charge in [-0.3, -0.25) is 0 Å². The molecule has 1 rings (SSSR count). The van der Waals surface area contributed by atoms with Crippen LogP contribution in [0.1, 0.15) is 18.9 Å². The summed E-state index contributed by atoms with van der Waals surface area (Å²) in [6.45, 7) is 2.69. The van der Waals surface area contributed by atoms with Gasteiger partial charge < -0.3 is 5.32 Å². The van der Waals surface area contributed by atoms with Gasteiger partial charge in [0.25, 0.3) is 0 Å². The van der Waals surface area contributed by atoms with Crippen molar-refractivity contribution in [3.63, 3.8) is 0 Å². The van der Waals surface area contributed by atoms with Crippen molar-refractivity contribution in [1.29, 1.82) is 0 Å². The smallest absolute Gasteiger partial charge is 0.129 e. The molecule has 0 radical (unpaired) electrons. The zero-order chi connectivity index (χ0) is 12.0. The van der Waals surface area contributed by atoms with Gasteiger partial charge in [-0.05, 0) is 24.8 Å². The maximum Gasteiger partial charge on any atom is 0.129 e. The van der Waals surface area contributed by atoms with Crippen molar-refractivity contribution in [2.45, 2.75) is 25.9 Å². The fraction of sp³-hybridized carbons (Fsp3) is 0.500. The lowest BCUT2D eigenvalue weighted by Gasteiger charge is -2.15. The first-order valence-corrected chi connectivity index (χ1v) is 7.10. The summed E-state index contributed by atoms with van der Waals surface area (Å²) >= 11 is 7.49. The van der Waals surface area contributed by atoms with Crippen LogP contribution in [0.5, 0.6) is 0 Å². The number of halogens is 2. The van der Waals surface area contributed by atoms with Crippen molar-refractivity contribution in [3.05, 3.63) is 34.6 Å². The van der Waals surface area contributed by atoms with Gasteiger partial charge in [-0.15, -0.1) is 0 Å². The first kappa shape index (κ1) is 13.8. The van der Waals surface area contributed by atoms with Crippen LogP contribution >= 0.6 is 23.4 Å². The first-order valence-electron chi connectivity index (χ1n) is 5.33. The van der Waals surface area contributed by atoms with Crippen molar-refractivity contribution in [2.24, 2.45) is 0 Å². The quantitative estimate of drug-likeness (QED) is 0.838. The van der Waals surface area contributed by atoms with Gasteiger partial charge in [0, 0.05) is 28.9 Å². The average Bonchev–Trinajstić information content (AvgIpc) is 2.26. The normalized spacial score (nSPS) is 12.8. The van der Waals surface area contributed by atoms with E-state index in [1.54, 1.807) is 23.9 Å². The lowest BCUT2D eigenvalue weighted by atomic mass is 10.2. The number of hydrogen-bond donors (Lipinski definition) is 1. The van der Waals surface area contributed by atoms with E-state index < -0.39 is 0 Å². The van der Waals surface area contributed by atoms with Crippen molar-refractivity contribution < 1.29 is 4.39 Å². The standard InChI is InChI=1S/C12H17ClFNS/c1-3-11(8-16-2)15-7-9-4-5-10(13)6-12(9)14/h4-6,11,15H,3,7-8H2,1-2H3. The highest BCUT2D eigenvalue weighted by atomic mass is 35.5. The molecule has 0 aliphatic rings. The minimum atomic E-state index is -0.237. The van der Waals surface area contributed by atoms with Crippen molar-refractivity contribution in [1.82, 2.24) is 5.32 Å². The molecule has 0 aromatic heterocycles. The van der Waals surface area contributed by atoms with Crippen molar-refractivity contribution in [2.75, 3.05) is 12.0 Å². The van der Waals surface area contributed by atoms with Gasteiger partial charge in [0.05, 0.1) is 0 Å². The molecule has 90 valence electrons. The van der Waals surface area contributed by atoms with E-state index in [9.17, 15) is 4.39 Å². The fourth-order valence-electron chi connectivity index (χ4n) is 1.44. The predicted molar refractivity (Wildman–Crippen MR) is 70.7 cm³/mol. The summed E-state index contributed by atoms with van der Waals surface area (Å²) < 4.78 is 13.5. The number of hydrogen-bond acceptors (Lipinski definition) is 2. The Labute approximate surface area is 106 Å². The third kappa shape index (κ3) is 4.32. The minimum Gasteiger partial charge on any atom is -0.309 e. The molecular formula is C12H17ClFNS. The molecule has 0 bridgehead atoms. The molecule has 0 fully saturated rings. The molecule has 1 atom stereocenters. The lowest BCUT2D eigenvalue weighted by molar-refractivity contribution is 0.522. The van der Waals surface area contributed by atoms with Gasteiger partial charge >= 0.3 is 0 Å². The molecule has 1 aromatic rings. The Morgan fingerprint density at radius 1 is 1.50 bits per heavy atom. The SMILES string of the molecule is CCC(CSC)NCc1ccc(Cl)cc1F. The highest BCUT2D eigenvalue weighted by Gasteiger charge is 2.07. The molecule has 16 heavy (non-hydrogen) atoms. The summed E-state index contributed by atoms with van der Waals surface area (Å²) in [4.78, 5) is 0. The zero-order valence-electron chi connectivity index (χ0n) is 9.59. The first-order chi connectivity index (χ1) is 7.67. The van der Waals surface area contributed by atoms with Gasteiger partial charge in [0.2, 0.25) is 0 Å². The van der Waals surface area contributed by atoms with Crippen LogP contribution in [-0.4, -0.2) is 18.1 Å². The molecule has 0 heterocycles. The van der Waals surface area contributed by atoms with E-state index >= 15 is 0 Å². The van der Waals surface area contributed by atoms with Gasteiger partial charge in [0.15, 0.2) is 0 Å². The Morgan fingerprint density at radius 3 is 2.81 bits per heavy atom. The van der Waals surface area contributed by atoms with Crippen LogP contribution in [0.3, 0.4) is 0 Å². The Morgan fingerprint density at radius 2 is 2.25 bits per heavy atom. The van der Waals surface area contributed by atoms with Gasteiger partial charge in [-0.1, -0.05) is 24.6 Å². The molecule has 1 unspecified atom stereocenters. The number of rotatable bonds is 6. The van der Waals surface area contributed by atoms with E-state index in [0.29, 0.717) is 23.2 Å². The summed E-state index contributed by atoms with van der Waals surface area (Å²) in [7, 11) is 0. The summed E-state index contributed by atoms with van der Waals surface area (Å²) in [6.07, 6.45) is 3.13. The van der Waals surface area contributed by atoms with Crippen LogP contribution in [0, 0.1) is 5.82 Å². The monoisotopic (exact) mass is 261 g/mol. The van der Waals surface area contributed by atoms with Gasteiger partial charge in [0.1, 0.15) is 5.82 Å². The highest BCUT2D eigenvalue weighted by Crippen LogP contribution is 2.14. The molecule has 4 heteroatoms. The number of benzene rings is 1. The van der Waals surface area contributed by atoms with Crippen LogP contribution in [0.2, 0.25) is 5.02 Å². The third-order valence-electron chi connectivity index (χ3n) is 2.46. The molecule has 0 saturated carbocycles. The second kappa shape index (κ2) is 7.15.